The summed E-state index contributed by atoms with van der Waals surface area (Å²) in [7, 11) is 0. The molecule has 1 amide bonds. The summed E-state index contributed by atoms with van der Waals surface area (Å²) in [6.45, 7) is 0.772. The van der Waals surface area contributed by atoms with Gasteiger partial charge in [0.05, 0.1) is 0 Å². The molecule has 0 aliphatic rings. The minimum Gasteiger partial charge on any atom is -0.489 e. The SMILES string of the molecule is N#C/C(=C\c1c(OCc2ccc(Br)cc2)ccc2ccccc12)C(=O)Nc1ccc(OCc2ccc(Br)cc2)cc1. The van der Waals surface area contributed by atoms with Crippen LogP contribution in [0.1, 0.15) is 16.7 Å². The van der Waals surface area contributed by atoms with Crippen molar-refractivity contribution in [3.05, 3.63) is 140 Å². The highest BCUT2D eigenvalue weighted by molar-refractivity contribution is 9.10. The number of carbonyl (C=O) groups excluding carboxylic acids is 1. The number of anilines is 1. The van der Waals surface area contributed by atoms with Crippen LogP contribution in [0.15, 0.2) is 124 Å². The smallest absolute Gasteiger partial charge is 0.266 e. The van der Waals surface area contributed by atoms with Crippen LogP contribution in [0.3, 0.4) is 0 Å². The van der Waals surface area contributed by atoms with Gasteiger partial charge in [-0.3, -0.25) is 4.79 Å². The Morgan fingerprint density at radius 2 is 1.37 bits per heavy atom. The van der Waals surface area contributed by atoms with Gasteiger partial charge in [0.15, 0.2) is 0 Å². The Bertz CT molecular complexity index is 1740. The third kappa shape index (κ3) is 7.43. The molecule has 0 fully saturated rings. The van der Waals surface area contributed by atoms with Gasteiger partial charge in [-0.1, -0.05) is 86.5 Å². The fourth-order valence-electron chi connectivity index (χ4n) is 4.17. The lowest BCUT2D eigenvalue weighted by Gasteiger charge is -2.13. The third-order valence-corrected chi connectivity index (χ3v) is 7.38. The Balaban J connectivity index is 1.33. The number of fused-ring (bicyclic) bond motifs is 1. The monoisotopic (exact) mass is 666 g/mol. The first-order valence-electron chi connectivity index (χ1n) is 12.8. The topological polar surface area (TPSA) is 71.3 Å². The van der Waals surface area contributed by atoms with Crippen LogP contribution >= 0.6 is 31.9 Å². The summed E-state index contributed by atoms with van der Waals surface area (Å²) in [5.74, 6) is 0.743. The van der Waals surface area contributed by atoms with Gasteiger partial charge in [-0.25, -0.2) is 0 Å². The van der Waals surface area contributed by atoms with Crippen molar-refractivity contribution < 1.29 is 14.3 Å². The molecule has 0 bridgehead atoms. The van der Waals surface area contributed by atoms with Crippen LogP contribution in [0.2, 0.25) is 0 Å². The Labute approximate surface area is 255 Å². The lowest BCUT2D eigenvalue weighted by molar-refractivity contribution is -0.112. The van der Waals surface area contributed by atoms with Gasteiger partial charge in [-0.2, -0.15) is 5.26 Å². The van der Waals surface area contributed by atoms with E-state index in [1.54, 1.807) is 30.3 Å². The number of carbonyl (C=O) groups is 1. The number of amides is 1. The average Bonchev–Trinajstić information content (AvgIpc) is 3.00. The molecule has 5 aromatic rings. The maximum atomic E-state index is 13.1. The van der Waals surface area contributed by atoms with Crippen LogP contribution in [0.5, 0.6) is 11.5 Å². The van der Waals surface area contributed by atoms with E-state index in [4.69, 9.17) is 9.47 Å². The number of hydrogen-bond donors (Lipinski definition) is 1. The standard InChI is InChI=1S/C34H24Br2N2O3/c35-27-10-5-23(6-11-27)21-40-30-16-14-29(15-17-30)38-34(39)26(20-37)19-32-31-4-2-1-3-25(31)9-18-33(32)41-22-24-7-12-28(36)13-8-24/h1-19H,21-22H2,(H,38,39)/b26-19+. The van der Waals surface area contributed by atoms with E-state index in [0.29, 0.717) is 36.0 Å². The van der Waals surface area contributed by atoms with Gasteiger partial charge in [0.1, 0.15) is 36.4 Å². The highest BCUT2D eigenvalue weighted by Crippen LogP contribution is 2.31. The van der Waals surface area contributed by atoms with Crippen molar-refractivity contribution in [3.8, 4) is 17.6 Å². The maximum absolute atomic E-state index is 13.1. The van der Waals surface area contributed by atoms with E-state index in [9.17, 15) is 10.1 Å². The van der Waals surface area contributed by atoms with Gasteiger partial charge >= 0.3 is 0 Å². The lowest BCUT2D eigenvalue weighted by atomic mass is 10.0. The van der Waals surface area contributed by atoms with Gasteiger partial charge in [0, 0.05) is 20.2 Å². The summed E-state index contributed by atoms with van der Waals surface area (Å²) in [5.41, 5.74) is 3.23. The molecular formula is C34H24Br2N2O3. The zero-order chi connectivity index (χ0) is 28.6. The Morgan fingerprint density at radius 1 is 0.756 bits per heavy atom. The van der Waals surface area contributed by atoms with Crippen LogP contribution < -0.4 is 14.8 Å². The number of nitrogens with zero attached hydrogens (tertiary/aromatic N) is 1. The predicted molar refractivity (Wildman–Crippen MR) is 170 cm³/mol. The highest BCUT2D eigenvalue weighted by atomic mass is 79.9. The van der Waals surface area contributed by atoms with E-state index in [0.717, 1.165) is 30.8 Å². The number of benzene rings is 5. The van der Waals surface area contributed by atoms with Gasteiger partial charge in [-0.15, -0.1) is 0 Å². The van der Waals surface area contributed by atoms with Gasteiger partial charge in [0.2, 0.25) is 0 Å². The molecule has 202 valence electrons. The second-order valence-corrected chi connectivity index (χ2v) is 11.0. The van der Waals surface area contributed by atoms with Crippen molar-refractivity contribution in [2.45, 2.75) is 13.2 Å². The first-order chi connectivity index (χ1) is 20.0. The molecule has 0 radical (unpaired) electrons. The van der Waals surface area contributed by atoms with Crippen LogP contribution in [-0.4, -0.2) is 5.91 Å². The number of rotatable bonds is 9. The second-order valence-electron chi connectivity index (χ2n) is 9.18. The van der Waals surface area contributed by atoms with Crippen LogP contribution in [0.4, 0.5) is 5.69 Å². The Kier molecular flexibility index (Phi) is 9.15. The largest absolute Gasteiger partial charge is 0.489 e. The van der Waals surface area contributed by atoms with Crippen LogP contribution in [-0.2, 0) is 18.0 Å². The molecule has 0 aromatic heterocycles. The molecule has 5 nitrogen and oxygen atoms in total. The normalized spacial score (nSPS) is 11.1. The average molecular weight is 668 g/mol. The molecule has 41 heavy (non-hydrogen) atoms. The number of hydrogen-bond acceptors (Lipinski definition) is 4. The van der Waals surface area contributed by atoms with Gasteiger partial charge in [-0.05, 0) is 82.6 Å². The maximum Gasteiger partial charge on any atom is 0.266 e. The quantitative estimate of drug-likeness (QED) is 0.126. The molecule has 0 aliphatic carbocycles. The third-order valence-electron chi connectivity index (χ3n) is 6.32. The second kappa shape index (κ2) is 13.3. The molecular weight excluding hydrogens is 644 g/mol. The minimum atomic E-state index is -0.511. The number of halogens is 2. The fraction of sp³-hybridized carbons (Fsp3) is 0.0588. The summed E-state index contributed by atoms with van der Waals surface area (Å²) in [6, 6.07) is 36.5. The summed E-state index contributed by atoms with van der Waals surface area (Å²) >= 11 is 6.88. The number of ether oxygens (including phenoxy) is 2. The van der Waals surface area contributed by atoms with Crippen molar-refractivity contribution in [2.24, 2.45) is 0 Å². The summed E-state index contributed by atoms with van der Waals surface area (Å²) < 4.78 is 14.0. The van der Waals surface area contributed by atoms with Crippen molar-refractivity contribution in [3.63, 3.8) is 0 Å². The molecule has 0 unspecified atom stereocenters. The molecule has 0 saturated heterocycles. The Hall–Kier alpha value is -4.38. The molecule has 7 heteroatoms. The molecule has 5 aromatic carbocycles. The lowest BCUT2D eigenvalue weighted by Crippen LogP contribution is -2.13. The summed E-state index contributed by atoms with van der Waals surface area (Å²) in [5, 5.41) is 14.6. The first kappa shape index (κ1) is 28.2. The summed E-state index contributed by atoms with van der Waals surface area (Å²) in [6.07, 6.45) is 1.59. The molecule has 0 heterocycles. The molecule has 0 aliphatic heterocycles. The Morgan fingerprint density at radius 3 is 2.00 bits per heavy atom. The molecule has 0 saturated carbocycles. The zero-order valence-electron chi connectivity index (χ0n) is 21.8. The molecule has 5 rings (SSSR count). The van der Waals surface area contributed by atoms with E-state index in [1.165, 1.54) is 0 Å². The highest BCUT2D eigenvalue weighted by Gasteiger charge is 2.14. The van der Waals surface area contributed by atoms with Gasteiger partial charge < -0.3 is 14.8 Å². The minimum absolute atomic E-state index is 0.0367. The van der Waals surface area contributed by atoms with Gasteiger partial charge in [0.25, 0.3) is 5.91 Å². The van der Waals surface area contributed by atoms with E-state index in [1.807, 2.05) is 84.9 Å². The van der Waals surface area contributed by atoms with Crippen LogP contribution in [0.25, 0.3) is 16.8 Å². The summed E-state index contributed by atoms with van der Waals surface area (Å²) in [4.78, 5) is 13.1. The van der Waals surface area contributed by atoms with E-state index < -0.39 is 5.91 Å². The molecule has 0 spiro atoms. The molecule has 0 atom stereocenters. The molecule has 1 N–H and O–H groups in total. The zero-order valence-corrected chi connectivity index (χ0v) is 25.0. The van der Waals surface area contributed by atoms with Crippen molar-refractivity contribution >= 4 is 60.3 Å². The van der Waals surface area contributed by atoms with Crippen molar-refractivity contribution in [2.75, 3.05) is 5.32 Å². The first-order valence-corrected chi connectivity index (χ1v) is 14.4. The van der Waals surface area contributed by atoms with Crippen molar-refractivity contribution in [1.82, 2.24) is 0 Å². The van der Waals surface area contributed by atoms with E-state index >= 15 is 0 Å². The predicted octanol–water partition coefficient (Wildman–Crippen LogP) is 9.07. The van der Waals surface area contributed by atoms with E-state index in [-0.39, 0.29) is 5.57 Å². The van der Waals surface area contributed by atoms with E-state index in [2.05, 4.69) is 43.2 Å². The number of nitriles is 1. The van der Waals surface area contributed by atoms with Crippen LogP contribution in [0, 0.1) is 11.3 Å². The number of nitrogens with one attached hydrogen (secondary N) is 1. The van der Waals surface area contributed by atoms with Crippen molar-refractivity contribution in [1.29, 1.82) is 5.26 Å². The fourth-order valence-corrected chi connectivity index (χ4v) is 4.69.